The number of ketones is 1. The summed E-state index contributed by atoms with van der Waals surface area (Å²) in [4.78, 5) is 11.8. The number of ether oxygens (including phenoxy) is 1. The molecule has 0 heterocycles. The highest BCUT2D eigenvalue weighted by Gasteiger charge is 2.13. The molecule has 0 amide bonds. The molecule has 0 bridgehead atoms. The predicted octanol–water partition coefficient (Wildman–Crippen LogP) is 3.94. The Labute approximate surface area is 109 Å². The van der Waals surface area contributed by atoms with Crippen molar-refractivity contribution in [2.45, 2.75) is 6.42 Å². The maximum atomic E-state index is 11.8. The number of halogens is 2. The number of methoxy groups -OCH3 is 1. The zero-order chi connectivity index (χ0) is 12.1. The van der Waals surface area contributed by atoms with Crippen LogP contribution in [0.1, 0.15) is 16.8 Å². The summed E-state index contributed by atoms with van der Waals surface area (Å²) < 4.78 is 5.05. The van der Waals surface area contributed by atoms with E-state index in [1.807, 2.05) is 6.26 Å². The largest absolute Gasteiger partial charge is 0.495 e. The minimum Gasteiger partial charge on any atom is -0.495 e. The molecule has 0 radical (unpaired) electrons. The fraction of sp³-hybridized carbons (Fsp3) is 0.364. The Morgan fingerprint density at radius 3 is 2.62 bits per heavy atom. The maximum absolute atomic E-state index is 11.8. The zero-order valence-electron chi connectivity index (χ0n) is 9.05. The van der Waals surface area contributed by atoms with Crippen molar-refractivity contribution in [1.29, 1.82) is 0 Å². The van der Waals surface area contributed by atoms with Crippen LogP contribution in [-0.4, -0.2) is 24.9 Å². The molecule has 0 aliphatic rings. The first-order valence-electron chi connectivity index (χ1n) is 4.65. The van der Waals surface area contributed by atoms with Gasteiger partial charge in [0, 0.05) is 17.7 Å². The second-order valence-corrected chi connectivity index (χ2v) is 4.93. The molecule has 0 aromatic heterocycles. The number of Topliss-reactive ketones (excluding diaryl/α,β-unsaturated/α-hetero) is 1. The normalized spacial score (nSPS) is 10.2. The van der Waals surface area contributed by atoms with Gasteiger partial charge in [0.15, 0.2) is 5.78 Å². The van der Waals surface area contributed by atoms with E-state index in [1.54, 1.807) is 17.8 Å². The number of carbonyl (C=O) groups is 1. The molecule has 0 atom stereocenters. The van der Waals surface area contributed by atoms with Crippen molar-refractivity contribution < 1.29 is 9.53 Å². The SMILES string of the molecule is COc1cc(C(=O)CCSC)c(Cl)cc1Cl. The maximum Gasteiger partial charge on any atom is 0.165 e. The van der Waals surface area contributed by atoms with Crippen LogP contribution in [-0.2, 0) is 0 Å². The van der Waals surface area contributed by atoms with E-state index in [4.69, 9.17) is 27.9 Å². The average molecular weight is 279 g/mol. The summed E-state index contributed by atoms with van der Waals surface area (Å²) in [5.74, 6) is 1.26. The second kappa shape index (κ2) is 6.38. The lowest BCUT2D eigenvalue weighted by molar-refractivity contribution is 0.0989. The molecule has 16 heavy (non-hydrogen) atoms. The highest BCUT2D eigenvalue weighted by Crippen LogP contribution is 2.31. The van der Waals surface area contributed by atoms with E-state index in [9.17, 15) is 4.79 Å². The van der Waals surface area contributed by atoms with Gasteiger partial charge in [-0.25, -0.2) is 0 Å². The van der Waals surface area contributed by atoms with E-state index < -0.39 is 0 Å². The average Bonchev–Trinajstić information content (AvgIpc) is 2.26. The van der Waals surface area contributed by atoms with Gasteiger partial charge in [0.1, 0.15) is 5.75 Å². The summed E-state index contributed by atoms with van der Waals surface area (Å²) in [6, 6.07) is 3.13. The van der Waals surface area contributed by atoms with Gasteiger partial charge in [-0.05, 0) is 18.4 Å². The van der Waals surface area contributed by atoms with Gasteiger partial charge in [0.2, 0.25) is 0 Å². The Morgan fingerprint density at radius 1 is 1.38 bits per heavy atom. The zero-order valence-corrected chi connectivity index (χ0v) is 11.4. The van der Waals surface area contributed by atoms with Crippen LogP contribution in [0.2, 0.25) is 10.0 Å². The molecule has 5 heteroatoms. The number of hydrogen-bond donors (Lipinski definition) is 0. The van der Waals surface area contributed by atoms with Gasteiger partial charge in [-0.3, -0.25) is 4.79 Å². The molecular weight excluding hydrogens is 267 g/mol. The van der Waals surface area contributed by atoms with Crippen molar-refractivity contribution in [2.75, 3.05) is 19.1 Å². The summed E-state index contributed by atoms with van der Waals surface area (Å²) in [5, 5.41) is 0.783. The van der Waals surface area contributed by atoms with E-state index in [1.165, 1.54) is 13.2 Å². The van der Waals surface area contributed by atoms with E-state index >= 15 is 0 Å². The number of rotatable bonds is 5. The molecule has 88 valence electrons. The van der Waals surface area contributed by atoms with Gasteiger partial charge in [0.25, 0.3) is 0 Å². The van der Waals surface area contributed by atoms with Crippen LogP contribution in [0.5, 0.6) is 5.75 Å². The lowest BCUT2D eigenvalue weighted by Gasteiger charge is -2.08. The van der Waals surface area contributed by atoms with Crippen molar-refractivity contribution in [3.05, 3.63) is 27.7 Å². The van der Waals surface area contributed by atoms with Gasteiger partial charge < -0.3 is 4.74 Å². The fourth-order valence-corrected chi connectivity index (χ4v) is 2.18. The molecule has 0 fully saturated rings. The predicted molar refractivity (Wildman–Crippen MR) is 70.3 cm³/mol. The van der Waals surface area contributed by atoms with Crippen molar-refractivity contribution in [2.24, 2.45) is 0 Å². The minimum absolute atomic E-state index is 0.00863. The highest BCUT2D eigenvalue weighted by molar-refractivity contribution is 7.98. The van der Waals surface area contributed by atoms with Gasteiger partial charge in [-0.1, -0.05) is 23.2 Å². The smallest absolute Gasteiger partial charge is 0.165 e. The van der Waals surface area contributed by atoms with E-state index in [2.05, 4.69) is 0 Å². The quantitative estimate of drug-likeness (QED) is 0.764. The lowest BCUT2D eigenvalue weighted by atomic mass is 10.1. The Kier molecular flexibility index (Phi) is 5.46. The summed E-state index contributed by atoms with van der Waals surface area (Å²) in [6.07, 6.45) is 2.42. The van der Waals surface area contributed by atoms with Gasteiger partial charge in [-0.2, -0.15) is 11.8 Å². The molecule has 0 saturated heterocycles. The van der Waals surface area contributed by atoms with Crippen LogP contribution in [0, 0.1) is 0 Å². The van der Waals surface area contributed by atoms with Crippen LogP contribution in [0.4, 0.5) is 0 Å². The third-order valence-corrected chi connectivity index (χ3v) is 3.30. The van der Waals surface area contributed by atoms with Crippen LogP contribution >= 0.6 is 35.0 Å². The summed E-state index contributed by atoms with van der Waals surface area (Å²) in [6.45, 7) is 0. The first-order chi connectivity index (χ1) is 7.60. The minimum atomic E-state index is 0.00863. The molecule has 0 saturated carbocycles. The second-order valence-electron chi connectivity index (χ2n) is 3.13. The molecule has 1 rings (SSSR count). The standard InChI is InChI=1S/C11H12Cl2O2S/c1-15-11-5-7(8(12)6-9(11)13)10(14)3-4-16-2/h5-6H,3-4H2,1-2H3. The molecule has 1 aromatic carbocycles. The van der Waals surface area contributed by atoms with Crippen molar-refractivity contribution in [3.8, 4) is 5.75 Å². The van der Waals surface area contributed by atoms with E-state index in [0.29, 0.717) is 27.8 Å². The third kappa shape index (κ3) is 3.30. The third-order valence-electron chi connectivity index (χ3n) is 2.08. The fourth-order valence-electron chi connectivity index (χ4n) is 1.23. The summed E-state index contributed by atoms with van der Waals surface area (Å²) >= 11 is 13.5. The molecular formula is C11H12Cl2O2S. The summed E-state index contributed by atoms with van der Waals surface area (Å²) in [7, 11) is 1.51. The van der Waals surface area contributed by atoms with Crippen LogP contribution in [0.3, 0.4) is 0 Å². The number of benzene rings is 1. The van der Waals surface area contributed by atoms with Crippen molar-refractivity contribution >= 4 is 40.7 Å². The van der Waals surface area contributed by atoms with Crippen molar-refractivity contribution in [3.63, 3.8) is 0 Å². The van der Waals surface area contributed by atoms with E-state index in [-0.39, 0.29) is 5.78 Å². The Hall–Kier alpha value is -0.380. The van der Waals surface area contributed by atoms with Crippen molar-refractivity contribution in [1.82, 2.24) is 0 Å². The molecule has 0 spiro atoms. The first kappa shape index (κ1) is 13.7. The Morgan fingerprint density at radius 2 is 2.06 bits per heavy atom. The topological polar surface area (TPSA) is 26.3 Å². The van der Waals surface area contributed by atoms with Crippen LogP contribution in [0.15, 0.2) is 12.1 Å². The molecule has 0 aliphatic carbocycles. The van der Waals surface area contributed by atoms with Crippen LogP contribution < -0.4 is 4.74 Å². The Bertz CT molecular complexity index is 394. The molecule has 0 aliphatic heterocycles. The molecule has 1 aromatic rings. The number of thioether (sulfide) groups is 1. The van der Waals surface area contributed by atoms with Gasteiger partial charge in [-0.15, -0.1) is 0 Å². The monoisotopic (exact) mass is 278 g/mol. The Balaban J connectivity index is 2.99. The van der Waals surface area contributed by atoms with E-state index in [0.717, 1.165) is 5.75 Å². The van der Waals surface area contributed by atoms with Crippen LogP contribution in [0.25, 0.3) is 0 Å². The molecule has 0 unspecified atom stereocenters. The van der Waals surface area contributed by atoms with Gasteiger partial charge >= 0.3 is 0 Å². The number of carbonyl (C=O) groups excluding carboxylic acids is 1. The molecule has 2 nitrogen and oxygen atoms in total. The highest BCUT2D eigenvalue weighted by atomic mass is 35.5. The lowest BCUT2D eigenvalue weighted by Crippen LogP contribution is -2.02. The first-order valence-corrected chi connectivity index (χ1v) is 6.80. The summed E-state index contributed by atoms with van der Waals surface area (Å²) in [5.41, 5.74) is 0.469. The van der Waals surface area contributed by atoms with Gasteiger partial charge in [0.05, 0.1) is 17.2 Å². The number of hydrogen-bond acceptors (Lipinski definition) is 3. The molecule has 0 N–H and O–H groups in total.